The van der Waals surface area contributed by atoms with Crippen molar-refractivity contribution in [3.63, 3.8) is 0 Å². The van der Waals surface area contributed by atoms with E-state index >= 15 is 0 Å². The lowest BCUT2D eigenvalue weighted by Gasteiger charge is -2.07. The number of benzene rings is 2. The van der Waals surface area contributed by atoms with Gasteiger partial charge in [-0.25, -0.2) is 0 Å². The lowest BCUT2D eigenvalue weighted by molar-refractivity contribution is 0.373. The second-order valence-corrected chi connectivity index (χ2v) is 4.71. The Morgan fingerprint density at radius 1 is 0.900 bits per heavy atom. The molecule has 0 saturated heterocycles. The summed E-state index contributed by atoms with van der Waals surface area (Å²) in [6, 6.07) is 13.7. The average molecular weight is 272 g/mol. The van der Waals surface area contributed by atoms with E-state index in [-0.39, 0.29) is 5.75 Å². The predicted molar refractivity (Wildman–Crippen MR) is 79.7 cm³/mol. The molecule has 0 radical (unpaired) electrons. The third-order valence-electron chi connectivity index (χ3n) is 3.31. The SMILES string of the molecule is COc1cccc(CCCc2ccc(OC)c(O)c2)c1. The Hall–Kier alpha value is -2.16. The molecule has 2 aromatic rings. The van der Waals surface area contributed by atoms with Crippen LogP contribution in [-0.2, 0) is 12.8 Å². The van der Waals surface area contributed by atoms with E-state index in [9.17, 15) is 5.11 Å². The fourth-order valence-corrected chi connectivity index (χ4v) is 2.22. The van der Waals surface area contributed by atoms with Crippen LogP contribution in [0.4, 0.5) is 0 Å². The van der Waals surface area contributed by atoms with E-state index in [4.69, 9.17) is 9.47 Å². The molecule has 0 amide bonds. The summed E-state index contributed by atoms with van der Waals surface area (Å²) in [7, 11) is 3.23. The van der Waals surface area contributed by atoms with Crippen molar-refractivity contribution in [2.24, 2.45) is 0 Å². The Morgan fingerprint density at radius 3 is 2.30 bits per heavy atom. The van der Waals surface area contributed by atoms with Crippen molar-refractivity contribution < 1.29 is 14.6 Å². The molecule has 20 heavy (non-hydrogen) atoms. The van der Waals surface area contributed by atoms with Crippen LogP contribution < -0.4 is 9.47 Å². The summed E-state index contributed by atoms with van der Waals surface area (Å²) in [4.78, 5) is 0. The Morgan fingerprint density at radius 2 is 1.65 bits per heavy atom. The molecule has 2 rings (SSSR count). The van der Waals surface area contributed by atoms with Crippen molar-refractivity contribution in [2.45, 2.75) is 19.3 Å². The third kappa shape index (κ3) is 3.67. The van der Waals surface area contributed by atoms with Crippen molar-refractivity contribution in [3.05, 3.63) is 53.6 Å². The van der Waals surface area contributed by atoms with Crippen molar-refractivity contribution in [3.8, 4) is 17.2 Å². The van der Waals surface area contributed by atoms with Crippen molar-refractivity contribution >= 4 is 0 Å². The number of phenolic OH excluding ortho intramolecular Hbond substituents is 1. The number of aromatic hydroxyl groups is 1. The maximum Gasteiger partial charge on any atom is 0.160 e. The van der Waals surface area contributed by atoms with Crippen molar-refractivity contribution in [1.29, 1.82) is 0 Å². The number of hydrogen-bond acceptors (Lipinski definition) is 3. The molecule has 0 aromatic heterocycles. The highest BCUT2D eigenvalue weighted by atomic mass is 16.5. The summed E-state index contributed by atoms with van der Waals surface area (Å²) in [5, 5.41) is 9.73. The lowest BCUT2D eigenvalue weighted by Crippen LogP contribution is -1.92. The molecule has 0 aliphatic carbocycles. The molecule has 0 saturated carbocycles. The molecule has 0 bridgehead atoms. The first-order chi connectivity index (χ1) is 9.72. The zero-order chi connectivity index (χ0) is 14.4. The van der Waals surface area contributed by atoms with E-state index in [0.29, 0.717) is 5.75 Å². The van der Waals surface area contributed by atoms with Gasteiger partial charge in [0, 0.05) is 0 Å². The van der Waals surface area contributed by atoms with Crippen LogP contribution in [0.25, 0.3) is 0 Å². The van der Waals surface area contributed by atoms with E-state index in [0.717, 1.165) is 30.6 Å². The second-order valence-electron chi connectivity index (χ2n) is 4.71. The molecule has 0 atom stereocenters. The van der Waals surface area contributed by atoms with Gasteiger partial charge in [-0.1, -0.05) is 18.2 Å². The fraction of sp³-hybridized carbons (Fsp3) is 0.294. The summed E-state index contributed by atoms with van der Waals surface area (Å²) >= 11 is 0. The van der Waals surface area contributed by atoms with E-state index in [2.05, 4.69) is 12.1 Å². The van der Waals surface area contributed by atoms with Gasteiger partial charge in [0.25, 0.3) is 0 Å². The molecule has 106 valence electrons. The topological polar surface area (TPSA) is 38.7 Å². The molecule has 2 aromatic carbocycles. The number of ether oxygens (including phenoxy) is 2. The average Bonchev–Trinajstić information content (AvgIpc) is 2.48. The molecule has 0 heterocycles. The largest absolute Gasteiger partial charge is 0.504 e. The van der Waals surface area contributed by atoms with Gasteiger partial charge in [0.05, 0.1) is 14.2 Å². The van der Waals surface area contributed by atoms with Crippen LogP contribution in [0.3, 0.4) is 0 Å². The molecular formula is C17H20O3. The van der Waals surface area contributed by atoms with Gasteiger partial charge < -0.3 is 14.6 Å². The van der Waals surface area contributed by atoms with Crippen LogP contribution in [0.2, 0.25) is 0 Å². The molecule has 1 N–H and O–H groups in total. The van der Waals surface area contributed by atoms with E-state index in [1.165, 1.54) is 5.56 Å². The minimum Gasteiger partial charge on any atom is -0.504 e. The predicted octanol–water partition coefficient (Wildman–Crippen LogP) is 3.58. The first kappa shape index (κ1) is 14.3. The summed E-state index contributed by atoms with van der Waals surface area (Å²) in [6.45, 7) is 0. The quantitative estimate of drug-likeness (QED) is 0.873. The van der Waals surface area contributed by atoms with Gasteiger partial charge in [0.1, 0.15) is 5.75 Å². The smallest absolute Gasteiger partial charge is 0.160 e. The van der Waals surface area contributed by atoms with Crippen LogP contribution >= 0.6 is 0 Å². The molecule has 0 unspecified atom stereocenters. The normalized spacial score (nSPS) is 10.3. The number of rotatable bonds is 6. The molecule has 0 fully saturated rings. The highest BCUT2D eigenvalue weighted by molar-refractivity contribution is 5.41. The Kier molecular flexibility index (Phi) is 4.88. The summed E-state index contributed by atoms with van der Waals surface area (Å²) in [6.07, 6.45) is 2.94. The van der Waals surface area contributed by atoms with Gasteiger partial charge in [0.15, 0.2) is 11.5 Å². The number of methoxy groups -OCH3 is 2. The molecule has 3 heteroatoms. The highest BCUT2D eigenvalue weighted by Crippen LogP contribution is 2.26. The maximum atomic E-state index is 9.73. The van der Waals surface area contributed by atoms with Gasteiger partial charge in [-0.3, -0.25) is 0 Å². The molecular weight excluding hydrogens is 252 g/mol. The van der Waals surface area contributed by atoms with Gasteiger partial charge in [-0.05, 0) is 54.7 Å². The lowest BCUT2D eigenvalue weighted by atomic mass is 10.0. The van der Waals surface area contributed by atoms with Crippen LogP contribution in [-0.4, -0.2) is 19.3 Å². The number of aryl methyl sites for hydroxylation is 2. The molecule has 0 aliphatic rings. The number of phenols is 1. The van der Waals surface area contributed by atoms with Gasteiger partial charge in [-0.2, -0.15) is 0 Å². The monoisotopic (exact) mass is 272 g/mol. The minimum atomic E-state index is 0.200. The zero-order valence-corrected chi connectivity index (χ0v) is 11.9. The molecule has 0 spiro atoms. The van der Waals surface area contributed by atoms with E-state index in [1.807, 2.05) is 18.2 Å². The van der Waals surface area contributed by atoms with Crippen LogP contribution in [0, 0.1) is 0 Å². The first-order valence-corrected chi connectivity index (χ1v) is 6.71. The first-order valence-electron chi connectivity index (χ1n) is 6.71. The van der Waals surface area contributed by atoms with E-state index in [1.54, 1.807) is 26.4 Å². The van der Waals surface area contributed by atoms with Gasteiger partial charge >= 0.3 is 0 Å². The maximum absolute atomic E-state index is 9.73. The highest BCUT2D eigenvalue weighted by Gasteiger charge is 2.03. The number of hydrogen-bond donors (Lipinski definition) is 1. The van der Waals surface area contributed by atoms with Crippen molar-refractivity contribution in [1.82, 2.24) is 0 Å². The van der Waals surface area contributed by atoms with Crippen LogP contribution in [0.1, 0.15) is 17.5 Å². The minimum absolute atomic E-state index is 0.200. The van der Waals surface area contributed by atoms with Crippen LogP contribution in [0.5, 0.6) is 17.2 Å². The Balaban J connectivity index is 1.90. The van der Waals surface area contributed by atoms with Gasteiger partial charge in [0.2, 0.25) is 0 Å². The van der Waals surface area contributed by atoms with E-state index < -0.39 is 0 Å². The van der Waals surface area contributed by atoms with Gasteiger partial charge in [-0.15, -0.1) is 0 Å². The van der Waals surface area contributed by atoms with Crippen molar-refractivity contribution in [2.75, 3.05) is 14.2 Å². The molecule has 3 nitrogen and oxygen atoms in total. The zero-order valence-electron chi connectivity index (χ0n) is 11.9. The third-order valence-corrected chi connectivity index (χ3v) is 3.31. The second kappa shape index (κ2) is 6.85. The summed E-state index contributed by atoms with van der Waals surface area (Å²) in [5.74, 6) is 1.61. The molecule has 0 aliphatic heterocycles. The fourth-order valence-electron chi connectivity index (χ4n) is 2.22. The standard InChI is InChI=1S/C17H20O3/c1-19-15-8-4-7-13(11-15)5-3-6-14-9-10-17(20-2)16(18)12-14/h4,7-12,18H,3,5-6H2,1-2H3. The summed E-state index contributed by atoms with van der Waals surface area (Å²) < 4.78 is 10.2. The summed E-state index contributed by atoms with van der Waals surface area (Å²) in [5.41, 5.74) is 2.38. The Bertz CT molecular complexity index is 564. The van der Waals surface area contributed by atoms with Crippen LogP contribution in [0.15, 0.2) is 42.5 Å². The Labute approximate surface area is 119 Å².